The van der Waals surface area contributed by atoms with E-state index in [-0.39, 0.29) is 5.04 Å². The molecule has 0 aliphatic carbocycles. The first-order valence-electron chi connectivity index (χ1n) is 9.61. The Morgan fingerprint density at radius 3 is 1.96 bits per heavy atom. The normalized spacial score (nSPS) is 17.9. The van der Waals surface area contributed by atoms with Crippen molar-refractivity contribution in [2.75, 3.05) is 19.5 Å². The average molecular weight is 390 g/mol. The lowest BCUT2D eigenvalue weighted by molar-refractivity contribution is 0.415. The van der Waals surface area contributed by atoms with Crippen molar-refractivity contribution in [3.8, 4) is 11.5 Å². The lowest BCUT2D eigenvalue weighted by atomic mass is 10.2. The number of methoxy groups -OCH3 is 2. The number of benzene rings is 3. The van der Waals surface area contributed by atoms with Crippen LogP contribution in [0.2, 0.25) is 5.04 Å². The molecule has 0 saturated heterocycles. The summed E-state index contributed by atoms with van der Waals surface area (Å²) in [6.45, 7) is 7.12. The summed E-state index contributed by atoms with van der Waals surface area (Å²) in [4.78, 5) is 0. The molecule has 0 amide bonds. The molecule has 3 aromatic carbocycles. The van der Waals surface area contributed by atoms with Crippen molar-refractivity contribution in [2.45, 2.75) is 25.8 Å². The van der Waals surface area contributed by atoms with E-state index in [1.54, 1.807) is 14.2 Å². The number of hydrogen-bond acceptors (Lipinski definition) is 3. The molecule has 0 fully saturated rings. The van der Waals surface area contributed by atoms with Crippen molar-refractivity contribution in [3.63, 3.8) is 0 Å². The van der Waals surface area contributed by atoms with Gasteiger partial charge in [-0.15, -0.1) is 0 Å². The van der Waals surface area contributed by atoms with Crippen LogP contribution in [0.15, 0.2) is 66.7 Å². The first kappa shape index (κ1) is 18.6. The van der Waals surface area contributed by atoms with Gasteiger partial charge in [-0.05, 0) is 44.9 Å². The second-order valence-corrected chi connectivity index (χ2v) is 13.0. The highest BCUT2D eigenvalue weighted by molar-refractivity contribution is 7.15. The molecular formula is C24H27NO2Si. The maximum absolute atomic E-state index is 5.52. The van der Waals surface area contributed by atoms with Gasteiger partial charge in [0, 0.05) is 17.4 Å². The highest BCUT2D eigenvalue weighted by Crippen LogP contribution is 2.41. The fourth-order valence-electron chi connectivity index (χ4n) is 4.68. The second kappa shape index (κ2) is 6.71. The van der Waals surface area contributed by atoms with E-state index in [1.165, 1.54) is 21.2 Å². The van der Waals surface area contributed by atoms with Crippen LogP contribution in [0.3, 0.4) is 0 Å². The molecule has 0 aromatic heterocycles. The zero-order valence-electron chi connectivity index (χ0n) is 17.2. The minimum absolute atomic E-state index is 0.0587. The standard InChI is InChI=1S/C24H27NO2Si/c1-24(2,3)28(19-13-10-17(26-4)11-14-19)22-9-7-6-8-20(22)25-21-16-18(27-5)12-15-23(21)28/h6-16,25H,1-5H3/t28-/m1/s1. The molecule has 0 spiro atoms. The molecular weight excluding hydrogens is 362 g/mol. The van der Waals surface area contributed by atoms with E-state index in [2.05, 4.69) is 92.8 Å². The van der Waals surface area contributed by atoms with Crippen molar-refractivity contribution < 1.29 is 9.47 Å². The molecule has 1 aliphatic heterocycles. The fourth-order valence-corrected chi connectivity index (χ4v) is 10.5. The van der Waals surface area contributed by atoms with Gasteiger partial charge in [-0.2, -0.15) is 0 Å². The van der Waals surface area contributed by atoms with Gasteiger partial charge in [-0.3, -0.25) is 0 Å². The summed E-state index contributed by atoms with van der Waals surface area (Å²) < 4.78 is 10.9. The second-order valence-electron chi connectivity index (χ2n) is 8.31. The number of rotatable bonds is 3. The number of nitrogens with one attached hydrogen (secondary N) is 1. The molecule has 3 aromatic rings. The molecule has 3 nitrogen and oxygen atoms in total. The molecule has 0 bridgehead atoms. The van der Waals surface area contributed by atoms with Gasteiger partial charge in [0.2, 0.25) is 0 Å². The minimum Gasteiger partial charge on any atom is -0.497 e. The fraction of sp³-hybridized carbons (Fsp3) is 0.250. The molecule has 4 heteroatoms. The Bertz CT molecular complexity index is 1010. The molecule has 0 saturated carbocycles. The Labute approximate surface area is 168 Å². The van der Waals surface area contributed by atoms with Gasteiger partial charge >= 0.3 is 0 Å². The Kier molecular flexibility index (Phi) is 4.46. The summed E-state index contributed by atoms with van der Waals surface area (Å²) in [5.41, 5.74) is 2.34. The quantitative estimate of drug-likeness (QED) is 0.686. The van der Waals surface area contributed by atoms with Gasteiger partial charge in [0.05, 0.1) is 14.2 Å². The first-order valence-corrected chi connectivity index (χ1v) is 11.6. The summed E-state index contributed by atoms with van der Waals surface area (Å²) in [6.07, 6.45) is 0. The largest absolute Gasteiger partial charge is 0.497 e. The average Bonchev–Trinajstić information content (AvgIpc) is 2.70. The van der Waals surface area contributed by atoms with E-state index < -0.39 is 8.07 Å². The van der Waals surface area contributed by atoms with Crippen molar-refractivity contribution in [1.29, 1.82) is 0 Å². The highest BCUT2D eigenvalue weighted by atomic mass is 28.3. The van der Waals surface area contributed by atoms with E-state index in [1.807, 2.05) is 0 Å². The third-order valence-corrected chi connectivity index (χ3v) is 11.8. The monoisotopic (exact) mass is 389 g/mol. The van der Waals surface area contributed by atoms with Crippen LogP contribution in [0.1, 0.15) is 20.8 Å². The van der Waals surface area contributed by atoms with Gasteiger partial charge in [0.15, 0.2) is 8.07 Å². The minimum atomic E-state index is -2.35. The van der Waals surface area contributed by atoms with Crippen molar-refractivity contribution in [2.24, 2.45) is 0 Å². The van der Waals surface area contributed by atoms with Crippen molar-refractivity contribution >= 4 is 35.0 Å². The van der Waals surface area contributed by atoms with Crippen LogP contribution in [-0.4, -0.2) is 22.3 Å². The van der Waals surface area contributed by atoms with Crippen LogP contribution in [0, 0.1) is 0 Å². The predicted octanol–water partition coefficient (Wildman–Crippen LogP) is 4.03. The molecule has 28 heavy (non-hydrogen) atoms. The molecule has 1 N–H and O–H groups in total. The van der Waals surface area contributed by atoms with Crippen LogP contribution in [0.5, 0.6) is 11.5 Å². The lowest BCUT2D eigenvalue weighted by Crippen LogP contribution is -2.74. The molecule has 0 unspecified atom stereocenters. The maximum Gasteiger partial charge on any atom is 0.158 e. The summed E-state index contributed by atoms with van der Waals surface area (Å²) >= 11 is 0. The van der Waals surface area contributed by atoms with E-state index in [0.717, 1.165) is 17.2 Å². The number of ether oxygens (including phenoxy) is 2. The summed E-state index contributed by atoms with van der Waals surface area (Å²) in [6, 6.07) is 23.9. The summed E-state index contributed by atoms with van der Waals surface area (Å²) in [5.74, 6) is 1.76. The van der Waals surface area contributed by atoms with E-state index in [4.69, 9.17) is 9.47 Å². The van der Waals surface area contributed by atoms with Gasteiger partial charge in [-0.1, -0.05) is 57.2 Å². The third kappa shape index (κ3) is 2.63. The van der Waals surface area contributed by atoms with Crippen LogP contribution >= 0.6 is 0 Å². The highest BCUT2D eigenvalue weighted by Gasteiger charge is 2.53. The van der Waals surface area contributed by atoms with Crippen LogP contribution < -0.4 is 30.4 Å². The Morgan fingerprint density at radius 2 is 1.32 bits per heavy atom. The number of para-hydroxylation sites is 1. The Balaban J connectivity index is 2.10. The predicted molar refractivity (Wildman–Crippen MR) is 120 cm³/mol. The first-order chi connectivity index (χ1) is 13.4. The summed E-state index contributed by atoms with van der Waals surface area (Å²) in [7, 11) is 1.09. The SMILES string of the molecule is COc1ccc([Si@@]2(C(C)(C)C)c3ccccc3Nc3cc(OC)ccc32)cc1. The van der Waals surface area contributed by atoms with Crippen molar-refractivity contribution in [3.05, 3.63) is 66.7 Å². The Hall–Kier alpha value is -2.72. The number of fused-ring (bicyclic) bond motifs is 2. The number of anilines is 2. The molecule has 0 radical (unpaired) electrons. The zero-order chi connectivity index (χ0) is 19.9. The zero-order valence-corrected chi connectivity index (χ0v) is 18.2. The number of hydrogen-bond donors (Lipinski definition) is 1. The molecule has 4 rings (SSSR count). The van der Waals surface area contributed by atoms with Gasteiger partial charge < -0.3 is 14.8 Å². The van der Waals surface area contributed by atoms with Crippen LogP contribution in [0.25, 0.3) is 0 Å². The lowest BCUT2D eigenvalue weighted by Gasteiger charge is -2.48. The van der Waals surface area contributed by atoms with Crippen molar-refractivity contribution in [1.82, 2.24) is 0 Å². The molecule has 144 valence electrons. The maximum atomic E-state index is 5.52. The molecule has 1 heterocycles. The molecule has 1 atom stereocenters. The van der Waals surface area contributed by atoms with Gasteiger partial charge in [0.25, 0.3) is 0 Å². The van der Waals surface area contributed by atoms with E-state index >= 15 is 0 Å². The van der Waals surface area contributed by atoms with Gasteiger partial charge in [-0.25, -0.2) is 0 Å². The van der Waals surface area contributed by atoms with Crippen LogP contribution in [0.4, 0.5) is 11.4 Å². The van der Waals surface area contributed by atoms with E-state index in [9.17, 15) is 0 Å². The van der Waals surface area contributed by atoms with E-state index in [0.29, 0.717) is 0 Å². The Morgan fingerprint density at radius 1 is 0.714 bits per heavy atom. The van der Waals surface area contributed by atoms with Gasteiger partial charge in [0.1, 0.15) is 11.5 Å². The van der Waals surface area contributed by atoms with Crippen LogP contribution in [-0.2, 0) is 0 Å². The molecule has 1 aliphatic rings. The topological polar surface area (TPSA) is 30.5 Å². The summed E-state index contributed by atoms with van der Waals surface area (Å²) in [5, 5.41) is 7.93. The smallest absolute Gasteiger partial charge is 0.158 e. The third-order valence-electron chi connectivity index (χ3n) is 5.88.